The standard InChI is InChI=1S/C18H29FN2O2/c1-20(2)15-18(22)9-3-11-21(13-10-18)12-4-14-23-17-7-5-16(19)6-8-17/h5-8,22H,3-4,9-15H2,1-2H3/t18-/m0/s1. The van der Waals surface area contributed by atoms with Gasteiger partial charge in [-0.25, -0.2) is 4.39 Å². The maximum atomic E-state index is 12.8. The molecule has 130 valence electrons. The predicted octanol–water partition coefficient (Wildman–Crippen LogP) is 2.37. The summed E-state index contributed by atoms with van der Waals surface area (Å²) in [4.78, 5) is 4.47. The average Bonchev–Trinajstić information content (AvgIpc) is 2.67. The number of rotatable bonds is 7. The fourth-order valence-electron chi connectivity index (χ4n) is 3.21. The van der Waals surface area contributed by atoms with E-state index in [9.17, 15) is 9.50 Å². The summed E-state index contributed by atoms with van der Waals surface area (Å²) in [7, 11) is 4.01. The summed E-state index contributed by atoms with van der Waals surface area (Å²) in [6.45, 7) is 4.30. The van der Waals surface area contributed by atoms with Crippen LogP contribution in [0.3, 0.4) is 0 Å². The van der Waals surface area contributed by atoms with Crippen molar-refractivity contribution in [3.8, 4) is 5.75 Å². The van der Waals surface area contributed by atoms with Gasteiger partial charge in [-0.1, -0.05) is 0 Å². The average molecular weight is 324 g/mol. The summed E-state index contributed by atoms with van der Waals surface area (Å²) >= 11 is 0. The first kappa shape index (κ1) is 18.2. The molecule has 1 fully saturated rings. The monoisotopic (exact) mass is 324 g/mol. The van der Waals surface area contributed by atoms with Gasteiger partial charge in [0.25, 0.3) is 0 Å². The molecule has 1 aromatic rings. The van der Waals surface area contributed by atoms with E-state index in [0.717, 1.165) is 51.9 Å². The van der Waals surface area contributed by atoms with Crippen molar-refractivity contribution in [1.82, 2.24) is 9.80 Å². The lowest BCUT2D eigenvalue weighted by atomic mass is 9.94. The van der Waals surface area contributed by atoms with E-state index in [1.165, 1.54) is 12.1 Å². The molecule has 23 heavy (non-hydrogen) atoms. The third-order valence-corrected chi connectivity index (χ3v) is 4.32. The van der Waals surface area contributed by atoms with Gasteiger partial charge in [0, 0.05) is 19.6 Å². The molecule has 0 spiro atoms. The minimum absolute atomic E-state index is 0.243. The minimum Gasteiger partial charge on any atom is -0.494 e. The third kappa shape index (κ3) is 6.45. The van der Waals surface area contributed by atoms with Gasteiger partial charge in [0.05, 0.1) is 12.2 Å². The van der Waals surface area contributed by atoms with E-state index in [0.29, 0.717) is 12.4 Å². The normalized spacial score (nSPS) is 23.0. The first-order valence-corrected chi connectivity index (χ1v) is 8.45. The van der Waals surface area contributed by atoms with E-state index in [-0.39, 0.29) is 5.82 Å². The molecule has 1 saturated heterocycles. The lowest BCUT2D eigenvalue weighted by molar-refractivity contribution is 0.00269. The van der Waals surface area contributed by atoms with Crippen molar-refractivity contribution in [2.24, 2.45) is 0 Å². The summed E-state index contributed by atoms with van der Waals surface area (Å²) in [5.41, 5.74) is -0.553. The molecular weight excluding hydrogens is 295 g/mol. The van der Waals surface area contributed by atoms with E-state index >= 15 is 0 Å². The molecule has 0 unspecified atom stereocenters. The van der Waals surface area contributed by atoms with Crippen molar-refractivity contribution >= 4 is 0 Å². The van der Waals surface area contributed by atoms with Crippen molar-refractivity contribution < 1.29 is 14.2 Å². The topological polar surface area (TPSA) is 35.9 Å². The molecule has 1 atom stereocenters. The Kier molecular flexibility index (Phi) is 6.81. The van der Waals surface area contributed by atoms with E-state index in [2.05, 4.69) is 9.80 Å². The molecule has 0 amide bonds. The molecule has 1 aliphatic heterocycles. The zero-order valence-electron chi connectivity index (χ0n) is 14.3. The number of hydrogen-bond donors (Lipinski definition) is 1. The van der Waals surface area contributed by atoms with Crippen LogP contribution >= 0.6 is 0 Å². The zero-order chi connectivity index (χ0) is 16.7. The Hall–Kier alpha value is -1.17. The highest BCUT2D eigenvalue weighted by atomic mass is 19.1. The van der Waals surface area contributed by atoms with Crippen molar-refractivity contribution in [3.05, 3.63) is 30.1 Å². The largest absolute Gasteiger partial charge is 0.494 e. The van der Waals surface area contributed by atoms with Crippen molar-refractivity contribution in [3.63, 3.8) is 0 Å². The molecular formula is C18H29FN2O2. The fourth-order valence-corrected chi connectivity index (χ4v) is 3.21. The SMILES string of the molecule is CN(C)C[C@]1(O)CCCN(CCCOc2ccc(F)cc2)CC1. The Bertz CT molecular complexity index is 467. The van der Waals surface area contributed by atoms with Gasteiger partial charge >= 0.3 is 0 Å². The Balaban J connectivity index is 1.67. The van der Waals surface area contributed by atoms with E-state index in [4.69, 9.17) is 4.74 Å². The zero-order valence-corrected chi connectivity index (χ0v) is 14.3. The molecule has 0 saturated carbocycles. The molecule has 1 N–H and O–H groups in total. The number of nitrogens with zero attached hydrogens (tertiary/aromatic N) is 2. The maximum absolute atomic E-state index is 12.8. The van der Waals surface area contributed by atoms with Crippen LogP contribution in [0, 0.1) is 5.82 Å². The maximum Gasteiger partial charge on any atom is 0.123 e. The number of aliphatic hydroxyl groups is 1. The third-order valence-electron chi connectivity index (χ3n) is 4.32. The molecule has 1 aliphatic rings. The Morgan fingerprint density at radius 1 is 1.22 bits per heavy atom. The van der Waals surface area contributed by atoms with Crippen LogP contribution in [0.4, 0.5) is 4.39 Å². The van der Waals surface area contributed by atoms with Crippen LogP contribution in [0.15, 0.2) is 24.3 Å². The van der Waals surface area contributed by atoms with Crippen molar-refractivity contribution in [1.29, 1.82) is 0 Å². The number of hydrogen-bond acceptors (Lipinski definition) is 4. The van der Waals surface area contributed by atoms with Crippen LogP contribution in [0.1, 0.15) is 25.7 Å². The second kappa shape index (κ2) is 8.62. The van der Waals surface area contributed by atoms with Gasteiger partial charge in [-0.05, 0) is 70.6 Å². The number of likely N-dealkylation sites (N-methyl/N-ethyl adjacent to an activating group) is 1. The number of benzene rings is 1. The molecule has 2 rings (SSSR count). The predicted molar refractivity (Wildman–Crippen MR) is 90.3 cm³/mol. The van der Waals surface area contributed by atoms with Gasteiger partial charge in [0.15, 0.2) is 0 Å². The Labute approximate surface area is 138 Å². The molecule has 0 aliphatic carbocycles. The highest BCUT2D eigenvalue weighted by Gasteiger charge is 2.30. The second-order valence-electron chi connectivity index (χ2n) is 6.81. The first-order chi connectivity index (χ1) is 11.0. The fraction of sp³-hybridized carbons (Fsp3) is 0.667. The first-order valence-electron chi connectivity index (χ1n) is 8.45. The molecule has 4 nitrogen and oxygen atoms in total. The molecule has 0 bridgehead atoms. The van der Waals surface area contributed by atoms with E-state index in [1.807, 2.05) is 14.1 Å². The number of ether oxygens (including phenoxy) is 1. The summed E-state index contributed by atoms with van der Waals surface area (Å²) < 4.78 is 18.4. The van der Waals surface area contributed by atoms with Crippen LogP contribution in [0.5, 0.6) is 5.75 Å². The van der Waals surface area contributed by atoms with Crippen molar-refractivity contribution in [2.45, 2.75) is 31.3 Å². The van der Waals surface area contributed by atoms with Gasteiger partial charge in [-0.2, -0.15) is 0 Å². The van der Waals surface area contributed by atoms with Gasteiger partial charge in [0.1, 0.15) is 11.6 Å². The van der Waals surface area contributed by atoms with Gasteiger partial charge < -0.3 is 19.6 Å². The van der Waals surface area contributed by atoms with Gasteiger partial charge in [-0.15, -0.1) is 0 Å². The Morgan fingerprint density at radius 3 is 2.65 bits per heavy atom. The highest BCUT2D eigenvalue weighted by molar-refractivity contribution is 5.21. The smallest absolute Gasteiger partial charge is 0.123 e. The summed E-state index contributed by atoms with van der Waals surface area (Å²) in [5, 5.41) is 10.7. The van der Waals surface area contributed by atoms with Gasteiger partial charge in [0.2, 0.25) is 0 Å². The van der Waals surface area contributed by atoms with Crippen molar-refractivity contribution in [2.75, 3.05) is 46.9 Å². The summed E-state index contributed by atoms with van der Waals surface area (Å²) in [5.74, 6) is 0.467. The van der Waals surface area contributed by atoms with E-state index in [1.54, 1.807) is 12.1 Å². The van der Waals surface area contributed by atoms with Crippen LogP contribution < -0.4 is 4.74 Å². The van der Waals surface area contributed by atoms with Gasteiger partial charge in [-0.3, -0.25) is 0 Å². The van der Waals surface area contributed by atoms with Crippen LogP contribution in [0.2, 0.25) is 0 Å². The quantitative estimate of drug-likeness (QED) is 0.781. The summed E-state index contributed by atoms with van der Waals surface area (Å²) in [6.07, 6.45) is 3.66. The molecule has 1 aromatic carbocycles. The summed E-state index contributed by atoms with van der Waals surface area (Å²) in [6, 6.07) is 6.14. The molecule has 0 aromatic heterocycles. The second-order valence-corrected chi connectivity index (χ2v) is 6.81. The number of halogens is 1. The van der Waals surface area contributed by atoms with E-state index < -0.39 is 5.60 Å². The van der Waals surface area contributed by atoms with Crippen LogP contribution in [-0.2, 0) is 0 Å². The minimum atomic E-state index is -0.553. The molecule has 5 heteroatoms. The lowest BCUT2D eigenvalue weighted by Crippen LogP contribution is -2.41. The van der Waals surface area contributed by atoms with Crippen LogP contribution in [-0.4, -0.2) is 67.4 Å². The lowest BCUT2D eigenvalue weighted by Gasteiger charge is -2.30. The number of likely N-dealkylation sites (tertiary alicyclic amines) is 1. The van der Waals surface area contributed by atoms with Crippen LogP contribution in [0.25, 0.3) is 0 Å². The molecule has 0 radical (unpaired) electrons. The molecule has 1 heterocycles. The Morgan fingerprint density at radius 2 is 1.96 bits per heavy atom. The highest BCUT2D eigenvalue weighted by Crippen LogP contribution is 2.23.